The summed E-state index contributed by atoms with van der Waals surface area (Å²) in [6.07, 6.45) is 8.75. The molecule has 0 aromatic carbocycles. The molecule has 0 spiro atoms. The number of fused-ring (bicyclic) bond motifs is 5. The molecule has 0 bridgehead atoms. The minimum atomic E-state index is 0.0880. The van der Waals surface area contributed by atoms with E-state index in [0.29, 0.717) is 30.0 Å². The van der Waals surface area contributed by atoms with Crippen LogP contribution < -0.4 is 0 Å². The molecule has 3 fully saturated rings. The molecule has 4 heteroatoms. The molecule has 0 N–H and O–H groups in total. The summed E-state index contributed by atoms with van der Waals surface area (Å²) >= 11 is 1.50. The summed E-state index contributed by atoms with van der Waals surface area (Å²) in [5, 5.41) is 0.437. The maximum Gasteiger partial charge on any atom is 0.186 e. The van der Waals surface area contributed by atoms with Crippen LogP contribution in [0.15, 0.2) is 11.6 Å². The molecule has 3 nitrogen and oxygen atoms in total. The third-order valence-corrected chi connectivity index (χ3v) is 9.88. The van der Waals surface area contributed by atoms with E-state index in [2.05, 4.69) is 13.8 Å². The molecule has 0 saturated heterocycles. The number of hydrogen-bond acceptors (Lipinski definition) is 4. The van der Waals surface area contributed by atoms with Crippen molar-refractivity contribution in [1.82, 2.24) is 0 Å². The zero-order valence-corrected chi connectivity index (χ0v) is 17.9. The van der Waals surface area contributed by atoms with E-state index < -0.39 is 0 Å². The van der Waals surface area contributed by atoms with Crippen molar-refractivity contribution in [1.29, 1.82) is 0 Å². The molecule has 0 amide bonds. The quantitative estimate of drug-likeness (QED) is 0.669. The highest BCUT2D eigenvalue weighted by atomic mass is 32.2. The minimum Gasteiger partial charge on any atom is -0.300 e. The predicted octanol–water partition coefficient (Wildman–Crippen LogP) is 4.98. The van der Waals surface area contributed by atoms with E-state index in [9.17, 15) is 14.4 Å². The molecule has 0 radical (unpaired) electrons. The standard InChI is InChI=1S/C23H32O3S/c1-13(24)17-5-6-18-21-19(8-10-23(17,18)4)22(3)9-7-16(26)11-15(22)12-20(21)27-14(2)25/h11,17-21H,5-10,12H2,1-4H3/t17-,18+,19+,20?,21+,22+,23-/m1/s1. The molecule has 7 atom stereocenters. The molecule has 3 saturated carbocycles. The SMILES string of the molecule is CC(=O)SC1CC2=CC(=O)CC[C@]2(C)[C@H]2CC[C@]3(C)[C@@H](C(C)=O)CC[C@H]3[C@H]12. The van der Waals surface area contributed by atoms with Crippen LogP contribution >= 0.6 is 11.8 Å². The fourth-order valence-electron chi connectivity index (χ4n) is 7.50. The van der Waals surface area contributed by atoms with Gasteiger partial charge >= 0.3 is 0 Å². The Labute approximate surface area is 167 Å². The number of thioether (sulfide) groups is 1. The Kier molecular flexibility index (Phi) is 4.73. The van der Waals surface area contributed by atoms with E-state index in [-0.39, 0.29) is 32.9 Å². The molecule has 4 aliphatic rings. The van der Waals surface area contributed by atoms with Crippen molar-refractivity contribution in [2.45, 2.75) is 77.9 Å². The number of carbonyl (C=O) groups excluding carboxylic acids is 3. The highest BCUT2D eigenvalue weighted by Crippen LogP contribution is 2.68. The van der Waals surface area contributed by atoms with Gasteiger partial charge in [-0.15, -0.1) is 0 Å². The number of allylic oxidation sites excluding steroid dienone is 1. The van der Waals surface area contributed by atoms with Gasteiger partial charge in [-0.05, 0) is 80.1 Å². The van der Waals surface area contributed by atoms with E-state index in [0.717, 1.165) is 38.5 Å². The van der Waals surface area contributed by atoms with Crippen molar-refractivity contribution < 1.29 is 14.4 Å². The summed E-state index contributed by atoms with van der Waals surface area (Å²) in [7, 11) is 0. The predicted molar refractivity (Wildman–Crippen MR) is 108 cm³/mol. The van der Waals surface area contributed by atoms with Crippen molar-refractivity contribution in [3.05, 3.63) is 11.6 Å². The molecule has 4 aliphatic carbocycles. The fraction of sp³-hybridized carbons (Fsp3) is 0.783. The lowest BCUT2D eigenvalue weighted by Gasteiger charge is -2.60. The zero-order chi connectivity index (χ0) is 19.6. The van der Waals surface area contributed by atoms with Crippen LogP contribution in [-0.4, -0.2) is 21.9 Å². The van der Waals surface area contributed by atoms with Gasteiger partial charge in [-0.25, -0.2) is 0 Å². The molecule has 27 heavy (non-hydrogen) atoms. The third-order valence-electron chi connectivity index (χ3n) is 8.77. The lowest BCUT2D eigenvalue weighted by Crippen LogP contribution is -2.55. The zero-order valence-electron chi connectivity index (χ0n) is 17.0. The van der Waals surface area contributed by atoms with Crippen LogP contribution in [-0.2, 0) is 14.4 Å². The van der Waals surface area contributed by atoms with Crippen molar-refractivity contribution >= 4 is 28.4 Å². The third kappa shape index (κ3) is 2.89. The minimum absolute atomic E-state index is 0.0880. The van der Waals surface area contributed by atoms with E-state index in [1.165, 1.54) is 17.3 Å². The van der Waals surface area contributed by atoms with Gasteiger partial charge in [-0.1, -0.05) is 31.2 Å². The average molecular weight is 389 g/mol. The van der Waals surface area contributed by atoms with Gasteiger partial charge in [0.05, 0.1) is 0 Å². The second kappa shape index (κ2) is 6.57. The highest BCUT2D eigenvalue weighted by molar-refractivity contribution is 8.14. The smallest absolute Gasteiger partial charge is 0.186 e. The Bertz CT molecular complexity index is 725. The van der Waals surface area contributed by atoms with Gasteiger partial charge in [0.15, 0.2) is 10.9 Å². The molecule has 0 heterocycles. The van der Waals surface area contributed by atoms with Gasteiger partial charge < -0.3 is 0 Å². The summed E-state index contributed by atoms with van der Waals surface area (Å²) in [5.41, 5.74) is 1.48. The number of Topliss-reactive ketones (excluding diaryl/α,β-unsaturated/α-hetero) is 1. The first-order valence-electron chi connectivity index (χ1n) is 10.6. The lowest BCUT2D eigenvalue weighted by molar-refractivity contribution is -0.128. The average Bonchev–Trinajstić information content (AvgIpc) is 2.93. The number of hydrogen-bond donors (Lipinski definition) is 0. The second-order valence-corrected chi connectivity index (χ2v) is 11.4. The van der Waals surface area contributed by atoms with E-state index in [1.54, 1.807) is 13.8 Å². The van der Waals surface area contributed by atoms with Crippen LogP contribution in [0, 0.1) is 34.5 Å². The largest absolute Gasteiger partial charge is 0.300 e. The van der Waals surface area contributed by atoms with E-state index in [4.69, 9.17) is 0 Å². The molecule has 4 rings (SSSR count). The molecule has 148 valence electrons. The summed E-state index contributed by atoms with van der Waals surface area (Å²) in [5.74, 6) is 2.33. The van der Waals surface area contributed by atoms with Gasteiger partial charge in [-0.3, -0.25) is 14.4 Å². The normalized spacial score (nSPS) is 46.1. The van der Waals surface area contributed by atoms with Gasteiger partial charge in [-0.2, -0.15) is 0 Å². The summed E-state index contributed by atoms with van der Waals surface area (Å²) < 4.78 is 0. The number of rotatable bonds is 2. The highest BCUT2D eigenvalue weighted by Gasteiger charge is 2.62. The van der Waals surface area contributed by atoms with Crippen molar-refractivity contribution in [2.24, 2.45) is 34.5 Å². The summed E-state index contributed by atoms with van der Waals surface area (Å²) in [6.45, 7) is 8.16. The van der Waals surface area contributed by atoms with Crippen LogP contribution in [0.5, 0.6) is 0 Å². The first-order valence-corrected chi connectivity index (χ1v) is 11.5. The Hall–Kier alpha value is -0.900. The van der Waals surface area contributed by atoms with Gasteiger partial charge in [0.2, 0.25) is 0 Å². The molecule has 0 aliphatic heterocycles. The maximum absolute atomic E-state index is 12.3. The lowest BCUT2D eigenvalue weighted by atomic mass is 9.46. The Morgan fingerprint density at radius 3 is 2.48 bits per heavy atom. The Morgan fingerprint density at radius 1 is 1.07 bits per heavy atom. The first kappa shape index (κ1) is 19.4. The molecule has 0 aromatic heterocycles. The summed E-state index contributed by atoms with van der Waals surface area (Å²) in [6, 6.07) is 0. The van der Waals surface area contributed by atoms with Crippen LogP contribution in [0.4, 0.5) is 0 Å². The second-order valence-electron chi connectivity index (χ2n) is 9.98. The van der Waals surface area contributed by atoms with Crippen molar-refractivity contribution in [3.63, 3.8) is 0 Å². The fourth-order valence-corrected chi connectivity index (χ4v) is 8.73. The van der Waals surface area contributed by atoms with Crippen LogP contribution in [0.25, 0.3) is 0 Å². The van der Waals surface area contributed by atoms with Gasteiger partial charge in [0.25, 0.3) is 0 Å². The molecular formula is C23H32O3S. The Morgan fingerprint density at radius 2 is 1.81 bits per heavy atom. The monoisotopic (exact) mass is 388 g/mol. The van der Waals surface area contributed by atoms with Crippen molar-refractivity contribution in [3.8, 4) is 0 Å². The topological polar surface area (TPSA) is 51.2 Å². The molecule has 1 unspecified atom stereocenters. The van der Waals surface area contributed by atoms with Gasteiger partial charge in [0, 0.05) is 24.5 Å². The van der Waals surface area contributed by atoms with Crippen molar-refractivity contribution in [2.75, 3.05) is 0 Å². The maximum atomic E-state index is 12.3. The summed E-state index contributed by atoms with van der Waals surface area (Å²) in [4.78, 5) is 36.5. The van der Waals surface area contributed by atoms with Crippen LogP contribution in [0.3, 0.4) is 0 Å². The Balaban J connectivity index is 1.76. The number of carbonyl (C=O) groups is 3. The molecular weight excluding hydrogens is 356 g/mol. The first-order chi connectivity index (χ1) is 12.7. The number of ketones is 2. The van der Waals surface area contributed by atoms with Crippen LogP contribution in [0.1, 0.15) is 72.6 Å². The van der Waals surface area contributed by atoms with Crippen LogP contribution in [0.2, 0.25) is 0 Å². The van der Waals surface area contributed by atoms with E-state index in [1.807, 2.05) is 6.08 Å². The molecule has 0 aromatic rings. The van der Waals surface area contributed by atoms with E-state index >= 15 is 0 Å². The van der Waals surface area contributed by atoms with Gasteiger partial charge in [0.1, 0.15) is 5.78 Å².